The van der Waals surface area contributed by atoms with Crippen molar-refractivity contribution < 1.29 is 9.26 Å². The molecule has 2 aromatic heterocycles. The summed E-state index contributed by atoms with van der Waals surface area (Å²) in [5, 5.41) is 3.84. The molecule has 0 atom stereocenters. The third kappa shape index (κ3) is 2.30. The number of methoxy groups -OCH3 is 1. The summed E-state index contributed by atoms with van der Waals surface area (Å²) in [7, 11) is 1.58. The lowest BCUT2D eigenvalue weighted by Crippen LogP contribution is -2.00. The zero-order valence-corrected chi connectivity index (χ0v) is 10.8. The molecular weight excluding hydrogens is 230 g/mol. The number of pyridine rings is 1. The normalized spacial score (nSPS) is 10.9. The van der Waals surface area contributed by atoms with Crippen LogP contribution in [0.15, 0.2) is 22.9 Å². The SMILES string of the molecule is COc1ncccc1-c1onc(N)c1CC(C)C. The van der Waals surface area contributed by atoms with E-state index in [1.165, 1.54) is 0 Å². The van der Waals surface area contributed by atoms with E-state index in [-0.39, 0.29) is 0 Å². The van der Waals surface area contributed by atoms with Crippen LogP contribution in [0.4, 0.5) is 5.82 Å². The van der Waals surface area contributed by atoms with Crippen LogP contribution < -0.4 is 10.5 Å². The van der Waals surface area contributed by atoms with Crippen LogP contribution in [-0.4, -0.2) is 17.3 Å². The van der Waals surface area contributed by atoms with Gasteiger partial charge in [-0.2, -0.15) is 0 Å². The molecule has 0 radical (unpaired) electrons. The maximum Gasteiger partial charge on any atom is 0.224 e. The lowest BCUT2D eigenvalue weighted by Gasteiger charge is -2.07. The van der Waals surface area contributed by atoms with Crippen LogP contribution in [0, 0.1) is 5.92 Å². The minimum atomic E-state index is 0.435. The Hall–Kier alpha value is -2.04. The van der Waals surface area contributed by atoms with Gasteiger partial charge < -0.3 is 15.0 Å². The Bertz CT molecular complexity index is 535. The number of aromatic nitrogens is 2. The Morgan fingerprint density at radius 3 is 2.89 bits per heavy atom. The highest BCUT2D eigenvalue weighted by atomic mass is 16.5. The number of hydrogen-bond acceptors (Lipinski definition) is 5. The monoisotopic (exact) mass is 247 g/mol. The minimum absolute atomic E-state index is 0.435. The van der Waals surface area contributed by atoms with Crippen molar-refractivity contribution in [3.63, 3.8) is 0 Å². The van der Waals surface area contributed by atoms with E-state index in [4.69, 9.17) is 15.0 Å². The number of nitrogens with two attached hydrogens (primary N) is 1. The predicted octanol–water partition coefficient (Wildman–Crippen LogP) is 2.53. The molecule has 0 aliphatic heterocycles. The van der Waals surface area contributed by atoms with Gasteiger partial charge in [-0.25, -0.2) is 4.98 Å². The Morgan fingerprint density at radius 2 is 2.22 bits per heavy atom. The second-order valence-corrected chi connectivity index (χ2v) is 4.53. The van der Waals surface area contributed by atoms with E-state index in [9.17, 15) is 0 Å². The molecule has 0 aromatic carbocycles. The standard InChI is InChI=1S/C13H17N3O2/c1-8(2)7-10-11(18-16-12(10)14)9-5-4-6-15-13(9)17-3/h4-6,8H,7H2,1-3H3,(H2,14,16). The van der Waals surface area contributed by atoms with Crippen LogP contribution in [-0.2, 0) is 6.42 Å². The van der Waals surface area contributed by atoms with Crippen molar-refractivity contribution in [1.82, 2.24) is 10.1 Å². The highest BCUT2D eigenvalue weighted by Crippen LogP contribution is 2.34. The molecule has 2 aromatic rings. The Kier molecular flexibility index (Phi) is 3.50. The van der Waals surface area contributed by atoms with Gasteiger partial charge in [-0.3, -0.25) is 0 Å². The number of rotatable bonds is 4. The second kappa shape index (κ2) is 5.08. The summed E-state index contributed by atoms with van der Waals surface area (Å²) in [5.41, 5.74) is 7.54. The van der Waals surface area contributed by atoms with Crippen molar-refractivity contribution >= 4 is 5.82 Å². The maximum atomic E-state index is 5.85. The minimum Gasteiger partial charge on any atom is -0.480 e. The topological polar surface area (TPSA) is 74.2 Å². The van der Waals surface area contributed by atoms with Gasteiger partial charge in [-0.15, -0.1) is 0 Å². The summed E-state index contributed by atoms with van der Waals surface area (Å²) in [6.07, 6.45) is 2.48. The highest BCUT2D eigenvalue weighted by molar-refractivity contribution is 5.70. The summed E-state index contributed by atoms with van der Waals surface area (Å²) in [4.78, 5) is 4.15. The molecule has 18 heavy (non-hydrogen) atoms. The average Bonchev–Trinajstić information content (AvgIpc) is 2.70. The van der Waals surface area contributed by atoms with Gasteiger partial charge in [0.05, 0.1) is 12.7 Å². The van der Waals surface area contributed by atoms with E-state index >= 15 is 0 Å². The van der Waals surface area contributed by atoms with Gasteiger partial charge in [0.15, 0.2) is 11.6 Å². The molecule has 2 heterocycles. The quantitative estimate of drug-likeness (QED) is 0.898. The average molecular weight is 247 g/mol. The molecule has 0 spiro atoms. The fraction of sp³-hybridized carbons (Fsp3) is 0.385. The molecule has 0 bridgehead atoms. The smallest absolute Gasteiger partial charge is 0.224 e. The van der Waals surface area contributed by atoms with Gasteiger partial charge in [0.1, 0.15) is 0 Å². The Balaban J connectivity index is 2.50. The molecule has 2 rings (SSSR count). The number of nitrogens with zero attached hydrogens (tertiary/aromatic N) is 2. The van der Waals surface area contributed by atoms with Crippen LogP contribution >= 0.6 is 0 Å². The molecule has 2 N–H and O–H groups in total. The summed E-state index contributed by atoms with van der Waals surface area (Å²) < 4.78 is 10.6. The van der Waals surface area contributed by atoms with Gasteiger partial charge in [-0.05, 0) is 24.5 Å². The van der Waals surface area contributed by atoms with Crippen LogP contribution in [0.5, 0.6) is 5.88 Å². The first-order chi connectivity index (χ1) is 8.63. The zero-order chi connectivity index (χ0) is 13.1. The van der Waals surface area contributed by atoms with Crippen molar-refractivity contribution in [3.8, 4) is 17.2 Å². The molecular formula is C13H17N3O2. The molecule has 0 amide bonds. The van der Waals surface area contributed by atoms with E-state index in [1.54, 1.807) is 13.3 Å². The summed E-state index contributed by atoms with van der Waals surface area (Å²) >= 11 is 0. The Labute approximate surface area is 106 Å². The van der Waals surface area contributed by atoms with Crippen molar-refractivity contribution in [1.29, 1.82) is 0 Å². The van der Waals surface area contributed by atoms with E-state index in [0.29, 0.717) is 23.4 Å². The predicted molar refractivity (Wildman–Crippen MR) is 69.2 cm³/mol. The van der Waals surface area contributed by atoms with Crippen molar-refractivity contribution in [2.75, 3.05) is 12.8 Å². The Morgan fingerprint density at radius 1 is 1.44 bits per heavy atom. The van der Waals surface area contributed by atoms with Crippen LogP contribution in [0.2, 0.25) is 0 Å². The number of ether oxygens (including phenoxy) is 1. The molecule has 0 saturated carbocycles. The van der Waals surface area contributed by atoms with Crippen LogP contribution in [0.3, 0.4) is 0 Å². The van der Waals surface area contributed by atoms with Crippen molar-refractivity contribution in [3.05, 3.63) is 23.9 Å². The molecule has 0 saturated heterocycles. The number of anilines is 1. The third-order valence-electron chi connectivity index (χ3n) is 2.64. The largest absolute Gasteiger partial charge is 0.480 e. The van der Waals surface area contributed by atoms with Crippen molar-refractivity contribution in [2.24, 2.45) is 5.92 Å². The van der Waals surface area contributed by atoms with E-state index in [1.807, 2.05) is 12.1 Å². The van der Waals surface area contributed by atoms with Crippen LogP contribution in [0.25, 0.3) is 11.3 Å². The zero-order valence-electron chi connectivity index (χ0n) is 10.8. The van der Waals surface area contributed by atoms with Crippen molar-refractivity contribution in [2.45, 2.75) is 20.3 Å². The van der Waals surface area contributed by atoms with Gasteiger partial charge in [0.2, 0.25) is 5.88 Å². The molecule has 5 heteroatoms. The molecule has 0 unspecified atom stereocenters. The fourth-order valence-corrected chi connectivity index (χ4v) is 1.86. The summed E-state index contributed by atoms with van der Waals surface area (Å²) in [6.45, 7) is 4.24. The summed E-state index contributed by atoms with van der Waals surface area (Å²) in [5.74, 6) is 2.06. The first kappa shape index (κ1) is 12.4. The van der Waals surface area contributed by atoms with Gasteiger partial charge in [-0.1, -0.05) is 19.0 Å². The van der Waals surface area contributed by atoms with Crippen LogP contribution in [0.1, 0.15) is 19.4 Å². The first-order valence-electron chi connectivity index (χ1n) is 5.87. The van der Waals surface area contributed by atoms with Gasteiger partial charge in [0, 0.05) is 11.8 Å². The molecule has 5 nitrogen and oxygen atoms in total. The van der Waals surface area contributed by atoms with E-state index < -0.39 is 0 Å². The van der Waals surface area contributed by atoms with E-state index in [0.717, 1.165) is 17.5 Å². The lowest BCUT2D eigenvalue weighted by molar-refractivity contribution is 0.392. The lowest BCUT2D eigenvalue weighted by atomic mass is 10.0. The number of hydrogen-bond donors (Lipinski definition) is 1. The number of nitrogen functional groups attached to an aromatic ring is 1. The highest BCUT2D eigenvalue weighted by Gasteiger charge is 2.20. The van der Waals surface area contributed by atoms with E-state index in [2.05, 4.69) is 24.0 Å². The maximum absolute atomic E-state index is 5.85. The third-order valence-corrected chi connectivity index (χ3v) is 2.64. The molecule has 0 aliphatic rings. The van der Waals surface area contributed by atoms with Gasteiger partial charge >= 0.3 is 0 Å². The van der Waals surface area contributed by atoms with Gasteiger partial charge in [0.25, 0.3) is 0 Å². The molecule has 0 fully saturated rings. The fourth-order valence-electron chi connectivity index (χ4n) is 1.86. The molecule has 96 valence electrons. The summed E-state index contributed by atoms with van der Waals surface area (Å²) in [6, 6.07) is 3.71. The second-order valence-electron chi connectivity index (χ2n) is 4.53. The molecule has 0 aliphatic carbocycles. The first-order valence-corrected chi connectivity index (χ1v) is 5.87.